The van der Waals surface area contributed by atoms with Gasteiger partial charge in [-0.2, -0.15) is 0 Å². The zero-order chi connectivity index (χ0) is 25.3. The van der Waals surface area contributed by atoms with E-state index in [0.29, 0.717) is 22.8 Å². The maximum atomic E-state index is 14.3. The topological polar surface area (TPSA) is 86.8 Å². The number of halogens is 2. The van der Waals surface area contributed by atoms with Gasteiger partial charge in [-0.15, -0.1) is 0 Å². The fraction of sp³-hybridized carbons (Fsp3) is 0.417. The van der Waals surface area contributed by atoms with Crippen molar-refractivity contribution in [2.45, 2.75) is 45.7 Å². The monoisotopic (exact) mass is 511 g/mol. The first-order valence-corrected chi connectivity index (χ1v) is 13.3. The fourth-order valence-corrected chi connectivity index (χ4v) is 4.57. The van der Waals surface area contributed by atoms with Crippen molar-refractivity contribution >= 4 is 39.1 Å². The van der Waals surface area contributed by atoms with Crippen molar-refractivity contribution in [3.05, 3.63) is 64.9 Å². The maximum absolute atomic E-state index is 14.3. The molecule has 0 saturated heterocycles. The van der Waals surface area contributed by atoms with E-state index in [2.05, 4.69) is 5.32 Å². The molecule has 0 saturated carbocycles. The van der Waals surface area contributed by atoms with Crippen molar-refractivity contribution in [2.24, 2.45) is 0 Å². The molecule has 0 aliphatic carbocycles. The highest BCUT2D eigenvalue weighted by atomic mass is 35.5. The van der Waals surface area contributed by atoms with E-state index in [1.807, 2.05) is 6.92 Å². The van der Waals surface area contributed by atoms with Crippen molar-refractivity contribution < 1.29 is 22.4 Å². The van der Waals surface area contributed by atoms with Gasteiger partial charge in [-0.3, -0.25) is 13.9 Å². The summed E-state index contributed by atoms with van der Waals surface area (Å²) in [6.45, 7) is 3.96. The van der Waals surface area contributed by atoms with Crippen molar-refractivity contribution in [3.63, 3.8) is 0 Å². The Labute approximate surface area is 205 Å². The van der Waals surface area contributed by atoms with Crippen LogP contribution in [-0.2, 0) is 26.2 Å². The molecule has 0 unspecified atom stereocenters. The van der Waals surface area contributed by atoms with Crippen molar-refractivity contribution in [3.8, 4) is 0 Å². The Hall–Kier alpha value is -2.65. The standard InChI is InChI=1S/C24H31ClFN3O4S/c1-4-14-27-24(31)18(2)28(17-19-9-5-6-12-22(19)26)23(30)13-8-15-29(34(3,32)33)21-11-7-10-20(25)16-21/h5-7,9-12,16,18H,4,8,13-15,17H2,1-3H3,(H,27,31)/t18-/m1/s1. The molecule has 1 atom stereocenters. The lowest BCUT2D eigenvalue weighted by Gasteiger charge is -2.29. The number of amides is 2. The van der Waals surface area contributed by atoms with E-state index in [1.165, 1.54) is 21.3 Å². The van der Waals surface area contributed by atoms with Crippen LogP contribution in [0.5, 0.6) is 0 Å². The number of benzene rings is 2. The predicted octanol–water partition coefficient (Wildman–Crippen LogP) is 3.97. The van der Waals surface area contributed by atoms with Gasteiger partial charge in [-0.25, -0.2) is 12.8 Å². The van der Waals surface area contributed by atoms with Gasteiger partial charge in [0, 0.05) is 36.6 Å². The van der Waals surface area contributed by atoms with Crippen molar-refractivity contribution in [1.29, 1.82) is 0 Å². The summed E-state index contributed by atoms with van der Waals surface area (Å²) in [7, 11) is -3.61. The molecule has 2 amide bonds. The first-order valence-electron chi connectivity index (χ1n) is 11.1. The second-order valence-electron chi connectivity index (χ2n) is 8.00. The molecule has 0 spiro atoms. The zero-order valence-corrected chi connectivity index (χ0v) is 21.2. The zero-order valence-electron chi connectivity index (χ0n) is 19.6. The highest BCUT2D eigenvalue weighted by molar-refractivity contribution is 7.92. The highest BCUT2D eigenvalue weighted by Crippen LogP contribution is 2.23. The molecule has 0 aliphatic heterocycles. The number of nitrogens with zero attached hydrogens (tertiary/aromatic N) is 2. The van der Waals surface area contributed by atoms with Gasteiger partial charge in [-0.05, 0) is 44.0 Å². The minimum Gasteiger partial charge on any atom is -0.354 e. The molecule has 34 heavy (non-hydrogen) atoms. The second-order valence-corrected chi connectivity index (χ2v) is 10.3. The summed E-state index contributed by atoms with van der Waals surface area (Å²) in [6.07, 6.45) is 2.01. The quantitative estimate of drug-likeness (QED) is 0.467. The third-order valence-electron chi connectivity index (χ3n) is 5.26. The van der Waals surface area contributed by atoms with Crippen LogP contribution in [0.4, 0.5) is 10.1 Å². The average molecular weight is 512 g/mol. The Balaban J connectivity index is 2.16. The van der Waals surface area contributed by atoms with E-state index in [0.717, 1.165) is 12.7 Å². The number of rotatable bonds is 12. The van der Waals surface area contributed by atoms with Gasteiger partial charge in [0.15, 0.2) is 0 Å². The van der Waals surface area contributed by atoms with Crippen molar-refractivity contribution in [1.82, 2.24) is 10.2 Å². The lowest BCUT2D eigenvalue weighted by atomic mass is 10.1. The van der Waals surface area contributed by atoms with Gasteiger partial charge < -0.3 is 10.2 Å². The second kappa shape index (κ2) is 12.7. The molecule has 1 N–H and O–H groups in total. The van der Waals surface area contributed by atoms with Crippen LogP contribution in [0.25, 0.3) is 0 Å². The molecular weight excluding hydrogens is 481 g/mol. The van der Waals surface area contributed by atoms with E-state index in [4.69, 9.17) is 11.6 Å². The van der Waals surface area contributed by atoms with Crippen LogP contribution in [0.2, 0.25) is 5.02 Å². The van der Waals surface area contributed by atoms with E-state index in [1.54, 1.807) is 43.3 Å². The summed E-state index contributed by atoms with van der Waals surface area (Å²) < 4.78 is 40.1. The van der Waals surface area contributed by atoms with Gasteiger partial charge in [-0.1, -0.05) is 42.8 Å². The number of carbonyl (C=O) groups is 2. The number of carbonyl (C=O) groups excluding carboxylic acids is 2. The van der Waals surface area contributed by atoms with E-state index < -0.39 is 21.9 Å². The fourth-order valence-electron chi connectivity index (χ4n) is 3.42. The predicted molar refractivity (Wildman–Crippen MR) is 133 cm³/mol. The molecule has 186 valence electrons. The van der Waals surface area contributed by atoms with Crippen LogP contribution in [0.15, 0.2) is 48.5 Å². The Morgan fingerprint density at radius 3 is 2.47 bits per heavy atom. The number of hydrogen-bond donors (Lipinski definition) is 1. The largest absolute Gasteiger partial charge is 0.354 e. The normalized spacial score (nSPS) is 12.1. The molecule has 10 heteroatoms. The first kappa shape index (κ1) is 27.6. The van der Waals surface area contributed by atoms with E-state index in [9.17, 15) is 22.4 Å². The van der Waals surface area contributed by atoms with Gasteiger partial charge in [0.1, 0.15) is 11.9 Å². The van der Waals surface area contributed by atoms with Gasteiger partial charge in [0.25, 0.3) is 0 Å². The van der Waals surface area contributed by atoms with Gasteiger partial charge in [0.05, 0.1) is 11.9 Å². The van der Waals surface area contributed by atoms with Crippen molar-refractivity contribution in [2.75, 3.05) is 23.7 Å². The Morgan fingerprint density at radius 2 is 1.85 bits per heavy atom. The number of hydrogen-bond acceptors (Lipinski definition) is 4. The molecule has 0 aliphatic rings. The van der Waals surface area contributed by atoms with Gasteiger partial charge in [0.2, 0.25) is 21.8 Å². The number of anilines is 1. The molecule has 2 aromatic carbocycles. The highest BCUT2D eigenvalue weighted by Gasteiger charge is 2.27. The van der Waals surface area contributed by atoms with E-state index in [-0.39, 0.29) is 37.7 Å². The average Bonchev–Trinajstić information content (AvgIpc) is 2.78. The van der Waals surface area contributed by atoms with Crippen LogP contribution >= 0.6 is 11.6 Å². The smallest absolute Gasteiger partial charge is 0.242 e. The molecule has 0 radical (unpaired) electrons. The van der Waals surface area contributed by atoms with Crippen LogP contribution in [0.1, 0.15) is 38.7 Å². The molecule has 0 heterocycles. The molecule has 7 nitrogen and oxygen atoms in total. The summed E-state index contributed by atoms with van der Waals surface area (Å²) in [5.74, 6) is -1.17. The number of sulfonamides is 1. The summed E-state index contributed by atoms with van der Waals surface area (Å²) in [6, 6.07) is 11.7. The van der Waals surface area contributed by atoms with Crippen LogP contribution in [-0.4, -0.2) is 50.5 Å². The minimum absolute atomic E-state index is 0.0214. The summed E-state index contributed by atoms with van der Waals surface area (Å²) >= 11 is 6.00. The third-order valence-corrected chi connectivity index (χ3v) is 6.69. The van der Waals surface area contributed by atoms with Crippen LogP contribution in [0, 0.1) is 5.82 Å². The molecule has 0 bridgehead atoms. The molecule has 0 fully saturated rings. The third kappa shape index (κ3) is 7.99. The molecule has 2 aromatic rings. The maximum Gasteiger partial charge on any atom is 0.242 e. The Bertz CT molecular complexity index is 1100. The summed E-state index contributed by atoms with van der Waals surface area (Å²) in [5.41, 5.74) is 0.695. The van der Waals surface area contributed by atoms with Gasteiger partial charge >= 0.3 is 0 Å². The Morgan fingerprint density at radius 1 is 1.15 bits per heavy atom. The van der Waals surface area contributed by atoms with Crippen LogP contribution in [0.3, 0.4) is 0 Å². The Kier molecular flexibility index (Phi) is 10.3. The first-order chi connectivity index (χ1) is 16.0. The minimum atomic E-state index is -3.61. The lowest BCUT2D eigenvalue weighted by molar-refractivity contribution is -0.140. The van der Waals surface area contributed by atoms with E-state index >= 15 is 0 Å². The SMILES string of the molecule is CCCNC(=O)[C@@H](C)N(Cc1ccccc1F)C(=O)CCCN(c1cccc(Cl)c1)S(C)(=O)=O. The molecular formula is C24H31ClFN3O4S. The lowest BCUT2D eigenvalue weighted by Crippen LogP contribution is -2.48. The van der Waals surface area contributed by atoms with Crippen LogP contribution < -0.4 is 9.62 Å². The molecule has 0 aromatic heterocycles. The summed E-state index contributed by atoms with van der Waals surface area (Å²) in [5, 5.41) is 3.16. The molecule has 2 rings (SSSR count). The summed E-state index contributed by atoms with van der Waals surface area (Å²) in [4.78, 5) is 27.0. The number of nitrogens with one attached hydrogen (secondary N) is 1.